The van der Waals surface area contributed by atoms with Gasteiger partial charge in [0.25, 0.3) is 0 Å². The van der Waals surface area contributed by atoms with Crippen LogP contribution in [0.1, 0.15) is 51.9 Å². The van der Waals surface area contributed by atoms with E-state index in [1.54, 1.807) is 0 Å². The molecule has 0 spiro atoms. The van der Waals surface area contributed by atoms with E-state index in [4.69, 9.17) is 0 Å². The van der Waals surface area contributed by atoms with E-state index < -0.39 is 0 Å². The van der Waals surface area contributed by atoms with E-state index in [0.717, 1.165) is 32.0 Å². The number of amides is 1. The Morgan fingerprint density at radius 3 is 2.72 bits per heavy atom. The fourth-order valence-corrected chi connectivity index (χ4v) is 3.38. The highest BCUT2D eigenvalue weighted by Crippen LogP contribution is 2.25. The number of rotatable bonds is 4. The molecule has 2 unspecified atom stereocenters. The summed E-state index contributed by atoms with van der Waals surface area (Å²) in [5, 5.41) is 6.49. The minimum Gasteiger partial charge on any atom is -0.356 e. The Hall–Kier alpha value is -0.570. The third-order valence-corrected chi connectivity index (χ3v) is 4.52. The Balaban J connectivity index is 1.61. The summed E-state index contributed by atoms with van der Waals surface area (Å²) in [5.74, 6) is 1.96. The van der Waals surface area contributed by atoms with Crippen LogP contribution < -0.4 is 10.6 Å². The molecule has 1 saturated heterocycles. The Morgan fingerprint density at radius 2 is 2.00 bits per heavy atom. The predicted molar refractivity (Wildman–Crippen MR) is 74.3 cm³/mol. The molecule has 0 aromatic rings. The molecule has 2 fully saturated rings. The lowest BCUT2D eigenvalue weighted by atomic mass is 9.87. The average Bonchev–Trinajstić information content (AvgIpc) is 2.40. The van der Waals surface area contributed by atoms with Gasteiger partial charge in [-0.15, -0.1) is 0 Å². The van der Waals surface area contributed by atoms with Crippen molar-refractivity contribution in [3.63, 3.8) is 0 Å². The fourth-order valence-electron chi connectivity index (χ4n) is 3.38. The van der Waals surface area contributed by atoms with Crippen molar-refractivity contribution in [2.24, 2.45) is 17.8 Å². The van der Waals surface area contributed by atoms with E-state index in [1.165, 1.54) is 38.5 Å². The first-order chi connectivity index (χ1) is 8.75. The van der Waals surface area contributed by atoms with Gasteiger partial charge in [-0.1, -0.05) is 39.0 Å². The van der Waals surface area contributed by atoms with E-state index in [-0.39, 0.29) is 11.8 Å². The van der Waals surface area contributed by atoms with Crippen LogP contribution in [0.5, 0.6) is 0 Å². The molecule has 2 rings (SSSR count). The van der Waals surface area contributed by atoms with Crippen molar-refractivity contribution >= 4 is 5.91 Å². The molecule has 3 nitrogen and oxygen atoms in total. The number of hydrogen-bond donors (Lipinski definition) is 2. The van der Waals surface area contributed by atoms with E-state index >= 15 is 0 Å². The molecule has 1 amide bonds. The molecule has 18 heavy (non-hydrogen) atoms. The minimum absolute atomic E-state index is 0.195. The first kappa shape index (κ1) is 13.9. The molecule has 0 aromatic heterocycles. The SMILES string of the molecule is CC1CNCC(C(=O)NCCC2CCCCC2)C1. The van der Waals surface area contributed by atoms with E-state index in [2.05, 4.69) is 17.6 Å². The van der Waals surface area contributed by atoms with Gasteiger partial charge in [-0.25, -0.2) is 0 Å². The third kappa shape index (κ3) is 4.27. The number of piperidine rings is 1. The molecule has 2 atom stereocenters. The zero-order chi connectivity index (χ0) is 12.8. The third-order valence-electron chi connectivity index (χ3n) is 4.52. The van der Waals surface area contributed by atoms with Crippen LogP contribution in [0.4, 0.5) is 0 Å². The van der Waals surface area contributed by atoms with Gasteiger partial charge >= 0.3 is 0 Å². The molecule has 1 aliphatic heterocycles. The van der Waals surface area contributed by atoms with Gasteiger partial charge in [-0.3, -0.25) is 4.79 Å². The van der Waals surface area contributed by atoms with Crippen LogP contribution in [-0.4, -0.2) is 25.5 Å². The van der Waals surface area contributed by atoms with Gasteiger partial charge in [-0.05, 0) is 31.2 Å². The van der Waals surface area contributed by atoms with Gasteiger partial charge in [0.2, 0.25) is 5.91 Å². The Morgan fingerprint density at radius 1 is 1.22 bits per heavy atom. The second-order valence-corrected chi connectivity index (χ2v) is 6.28. The maximum absolute atomic E-state index is 12.0. The van der Waals surface area contributed by atoms with Crippen LogP contribution in [0.25, 0.3) is 0 Å². The zero-order valence-electron chi connectivity index (χ0n) is 11.7. The molecule has 1 aliphatic carbocycles. The number of nitrogens with one attached hydrogen (secondary N) is 2. The molecule has 3 heteroatoms. The van der Waals surface area contributed by atoms with Gasteiger partial charge in [0.15, 0.2) is 0 Å². The molecule has 0 bridgehead atoms. The molecular formula is C15H28N2O. The lowest BCUT2D eigenvalue weighted by molar-refractivity contribution is -0.125. The van der Waals surface area contributed by atoms with Crippen molar-refractivity contribution in [1.82, 2.24) is 10.6 Å². The first-order valence-corrected chi connectivity index (χ1v) is 7.74. The van der Waals surface area contributed by atoms with Gasteiger partial charge < -0.3 is 10.6 Å². The minimum atomic E-state index is 0.195. The van der Waals surface area contributed by atoms with Crippen molar-refractivity contribution in [3.8, 4) is 0 Å². The maximum Gasteiger partial charge on any atom is 0.224 e. The normalized spacial score (nSPS) is 30.1. The highest BCUT2D eigenvalue weighted by atomic mass is 16.1. The largest absolute Gasteiger partial charge is 0.356 e. The van der Waals surface area contributed by atoms with Crippen molar-refractivity contribution in [1.29, 1.82) is 0 Å². The average molecular weight is 252 g/mol. The highest BCUT2D eigenvalue weighted by molar-refractivity contribution is 5.78. The zero-order valence-corrected chi connectivity index (χ0v) is 11.7. The van der Waals surface area contributed by atoms with Crippen LogP contribution in [0.15, 0.2) is 0 Å². The van der Waals surface area contributed by atoms with Crippen molar-refractivity contribution in [2.45, 2.75) is 51.9 Å². The molecular weight excluding hydrogens is 224 g/mol. The van der Waals surface area contributed by atoms with Gasteiger partial charge in [0, 0.05) is 13.1 Å². The Labute approximate surface area is 111 Å². The summed E-state index contributed by atoms with van der Waals surface area (Å²) in [6, 6.07) is 0. The first-order valence-electron chi connectivity index (χ1n) is 7.74. The predicted octanol–water partition coefficient (Wildman–Crippen LogP) is 2.32. The van der Waals surface area contributed by atoms with Gasteiger partial charge in [0.05, 0.1) is 5.92 Å². The topological polar surface area (TPSA) is 41.1 Å². The van der Waals surface area contributed by atoms with Crippen LogP contribution in [0, 0.1) is 17.8 Å². The monoisotopic (exact) mass is 252 g/mol. The molecule has 2 N–H and O–H groups in total. The van der Waals surface area contributed by atoms with Gasteiger partial charge in [-0.2, -0.15) is 0 Å². The van der Waals surface area contributed by atoms with Gasteiger partial charge in [0.1, 0.15) is 0 Å². The summed E-state index contributed by atoms with van der Waals surface area (Å²) in [6.45, 7) is 5.02. The van der Waals surface area contributed by atoms with Crippen LogP contribution in [-0.2, 0) is 4.79 Å². The number of carbonyl (C=O) groups is 1. The van der Waals surface area contributed by atoms with Crippen LogP contribution in [0.3, 0.4) is 0 Å². The molecule has 0 radical (unpaired) electrons. The standard InChI is InChI=1S/C15H28N2O/c1-12-9-14(11-16-10-12)15(18)17-8-7-13-5-3-2-4-6-13/h12-14,16H,2-11H2,1H3,(H,17,18). The fraction of sp³-hybridized carbons (Fsp3) is 0.933. The smallest absolute Gasteiger partial charge is 0.224 e. The maximum atomic E-state index is 12.0. The summed E-state index contributed by atoms with van der Waals surface area (Å²) in [5.41, 5.74) is 0. The highest BCUT2D eigenvalue weighted by Gasteiger charge is 2.24. The molecule has 0 aromatic carbocycles. The molecule has 1 heterocycles. The van der Waals surface area contributed by atoms with E-state index in [9.17, 15) is 4.79 Å². The second-order valence-electron chi connectivity index (χ2n) is 6.28. The lowest BCUT2D eigenvalue weighted by Gasteiger charge is -2.27. The molecule has 104 valence electrons. The van der Waals surface area contributed by atoms with Crippen molar-refractivity contribution in [2.75, 3.05) is 19.6 Å². The van der Waals surface area contributed by atoms with Crippen molar-refractivity contribution in [3.05, 3.63) is 0 Å². The molecule has 2 aliphatic rings. The Kier molecular flexibility index (Phi) is 5.48. The summed E-state index contributed by atoms with van der Waals surface area (Å²) in [4.78, 5) is 12.0. The quantitative estimate of drug-likeness (QED) is 0.806. The molecule has 1 saturated carbocycles. The summed E-state index contributed by atoms with van der Waals surface area (Å²) >= 11 is 0. The number of hydrogen-bond acceptors (Lipinski definition) is 2. The lowest BCUT2D eigenvalue weighted by Crippen LogP contribution is -2.43. The summed E-state index contributed by atoms with van der Waals surface area (Å²) in [7, 11) is 0. The number of carbonyl (C=O) groups excluding carboxylic acids is 1. The summed E-state index contributed by atoms with van der Waals surface area (Å²) in [6.07, 6.45) is 9.17. The van der Waals surface area contributed by atoms with E-state index in [1.807, 2.05) is 0 Å². The van der Waals surface area contributed by atoms with Crippen LogP contribution >= 0.6 is 0 Å². The van der Waals surface area contributed by atoms with E-state index in [0.29, 0.717) is 5.92 Å². The van der Waals surface area contributed by atoms with Crippen molar-refractivity contribution < 1.29 is 4.79 Å². The Bertz CT molecular complexity index is 261. The van der Waals surface area contributed by atoms with Crippen LogP contribution in [0.2, 0.25) is 0 Å². The summed E-state index contributed by atoms with van der Waals surface area (Å²) < 4.78 is 0. The second kappa shape index (κ2) is 7.13.